The van der Waals surface area contributed by atoms with Crippen LogP contribution in [-0.4, -0.2) is 29.8 Å². The molecular formula is C19H18ClN3O3S. The molecule has 27 heavy (non-hydrogen) atoms. The number of H-pyrrole nitrogens is 1. The number of nitrogens with zero attached hydrogens (tertiary/aromatic N) is 1. The molecule has 0 saturated heterocycles. The van der Waals surface area contributed by atoms with Crippen molar-refractivity contribution in [3.05, 3.63) is 59.2 Å². The summed E-state index contributed by atoms with van der Waals surface area (Å²) < 4.78 is 27.9. The topological polar surface area (TPSA) is 95.1 Å². The zero-order valence-corrected chi connectivity index (χ0v) is 15.8. The van der Waals surface area contributed by atoms with Crippen molar-refractivity contribution in [1.82, 2.24) is 14.9 Å². The number of nitrogens with one attached hydrogen (secondary N) is 2. The molecule has 2 aromatic carbocycles. The fraction of sp³-hybridized carbons (Fsp3) is 0.316. The minimum absolute atomic E-state index is 0.120. The highest BCUT2D eigenvalue weighted by Gasteiger charge is 2.62. The Bertz CT molecular complexity index is 1120. The van der Waals surface area contributed by atoms with Crippen LogP contribution >= 0.6 is 11.6 Å². The minimum Gasteiger partial charge on any atom is -0.385 e. The maximum Gasteiger partial charge on any atom is 0.240 e. The van der Waals surface area contributed by atoms with Crippen LogP contribution in [0.4, 0.5) is 0 Å². The highest BCUT2D eigenvalue weighted by molar-refractivity contribution is 7.89. The molecule has 1 heterocycles. The zero-order chi connectivity index (χ0) is 18.8. The molecule has 0 radical (unpaired) electrons. The maximum absolute atomic E-state index is 12.5. The van der Waals surface area contributed by atoms with Crippen LogP contribution in [0.3, 0.4) is 0 Å². The lowest BCUT2D eigenvalue weighted by Crippen LogP contribution is -2.33. The zero-order valence-electron chi connectivity index (χ0n) is 14.3. The summed E-state index contributed by atoms with van der Waals surface area (Å²) in [6, 6.07) is 11.8. The largest absolute Gasteiger partial charge is 0.385 e. The molecule has 0 bridgehead atoms. The van der Waals surface area contributed by atoms with Gasteiger partial charge in [0.2, 0.25) is 10.0 Å². The van der Waals surface area contributed by atoms with E-state index in [4.69, 9.17) is 11.6 Å². The van der Waals surface area contributed by atoms with E-state index in [0.29, 0.717) is 17.9 Å². The van der Waals surface area contributed by atoms with Gasteiger partial charge >= 0.3 is 0 Å². The van der Waals surface area contributed by atoms with Gasteiger partial charge in [0.25, 0.3) is 0 Å². The number of rotatable bonds is 4. The van der Waals surface area contributed by atoms with E-state index in [-0.39, 0.29) is 22.8 Å². The van der Waals surface area contributed by atoms with Crippen LogP contribution in [0.2, 0.25) is 5.02 Å². The summed E-state index contributed by atoms with van der Waals surface area (Å²) in [5.41, 5.74) is 0.528. The van der Waals surface area contributed by atoms with Gasteiger partial charge in [-0.25, -0.2) is 13.1 Å². The van der Waals surface area contributed by atoms with Gasteiger partial charge in [-0.1, -0.05) is 29.8 Å². The number of aromatic amines is 1. The smallest absolute Gasteiger partial charge is 0.240 e. The van der Waals surface area contributed by atoms with E-state index in [1.165, 1.54) is 0 Å². The molecule has 1 aromatic heterocycles. The van der Waals surface area contributed by atoms with E-state index >= 15 is 0 Å². The van der Waals surface area contributed by atoms with Crippen molar-refractivity contribution in [2.24, 2.45) is 11.8 Å². The van der Waals surface area contributed by atoms with E-state index in [2.05, 4.69) is 14.9 Å². The lowest BCUT2D eigenvalue weighted by Gasteiger charge is -2.27. The summed E-state index contributed by atoms with van der Waals surface area (Å²) in [5.74, 6) is 0.240. The van der Waals surface area contributed by atoms with Gasteiger partial charge in [-0.05, 0) is 54.5 Å². The molecule has 3 aromatic rings. The third-order valence-electron chi connectivity index (χ3n) is 5.85. The minimum atomic E-state index is -3.54. The third-order valence-corrected chi connectivity index (χ3v) is 7.54. The molecule has 5 rings (SSSR count). The highest BCUT2D eigenvalue weighted by atomic mass is 35.5. The summed E-state index contributed by atoms with van der Waals surface area (Å²) >= 11 is 6.20. The first-order chi connectivity index (χ1) is 12.9. The Morgan fingerprint density at radius 2 is 1.89 bits per heavy atom. The first-order valence-corrected chi connectivity index (χ1v) is 10.7. The van der Waals surface area contributed by atoms with Crippen LogP contribution in [0.25, 0.3) is 10.9 Å². The molecule has 0 spiro atoms. The number of aliphatic hydroxyl groups is 1. The van der Waals surface area contributed by atoms with Gasteiger partial charge in [-0.3, -0.25) is 5.10 Å². The quantitative estimate of drug-likeness (QED) is 0.624. The molecule has 140 valence electrons. The van der Waals surface area contributed by atoms with Crippen molar-refractivity contribution in [3.63, 3.8) is 0 Å². The number of hydrogen-bond acceptors (Lipinski definition) is 4. The number of benzene rings is 2. The van der Waals surface area contributed by atoms with Gasteiger partial charge in [0, 0.05) is 16.5 Å². The van der Waals surface area contributed by atoms with E-state index in [1.54, 1.807) is 48.7 Å². The van der Waals surface area contributed by atoms with Crippen molar-refractivity contribution < 1.29 is 13.5 Å². The first-order valence-electron chi connectivity index (χ1n) is 8.80. The fourth-order valence-corrected chi connectivity index (χ4v) is 6.09. The van der Waals surface area contributed by atoms with Crippen LogP contribution < -0.4 is 4.72 Å². The molecule has 2 aliphatic rings. The van der Waals surface area contributed by atoms with Gasteiger partial charge in [0.15, 0.2) is 0 Å². The van der Waals surface area contributed by atoms with Crippen molar-refractivity contribution in [2.75, 3.05) is 0 Å². The van der Waals surface area contributed by atoms with Gasteiger partial charge in [-0.15, -0.1) is 0 Å². The van der Waals surface area contributed by atoms with Crippen molar-refractivity contribution in [1.29, 1.82) is 0 Å². The first kappa shape index (κ1) is 17.2. The highest BCUT2D eigenvalue weighted by Crippen LogP contribution is 2.60. The van der Waals surface area contributed by atoms with Gasteiger partial charge in [0.05, 0.1) is 22.2 Å². The van der Waals surface area contributed by atoms with Crippen LogP contribution in [0.5, 0.6) is 0 Å². The van der Waals surface area contributed by atoms with Crippen molar-refractivity contribution in [2.45, 2.75) is 29.4 Å². The van der Waals surface area contributed by atoms with E-state index < -0.39 is 15.6 Å². The Kier molecular flexibility index (Phi) is 3.68. The van der Waals surface area contributed by atoms with Gasteiger partial charge < -0.3 is 5.11 Å². The predicted octanol–water partition coefficient (Wildman–Crippen LogP) is 2.79. The Labute approximate surface area is 161 Å². The lowest BCUT2D eigenvalue weighted by atomic mass is 9.86. The number of fused-ring (bicyclic) bond motifs is 2. The van der Waals surface area contributed by atoms with Crippen molar-refractivity contribution in [3.8, 4) is 0 Å². The molecule has 0 aliphatic heterocycles. The molecule has 8 heteroatoms. The summed E-state index contributed by atoms with van der Waals surface area (Å²) in [5, 5.41) is 19.6. The Balaban J connectivity index is 1.37. The molecular weight excluding hydrogens is 386 g/mol. The number of halogens is 1. The number of aromatic nitrogens is 2. The van der Waals surface area contributed by atoms with Crippen LogP contribution in [0, 0.1) is 11.8 Å². The maximum atomic E-state index is 12.5. The monoisotopic (exact) mass is 403 g/mol. The van der Waals surface area contributed by atoms with E-state index in [9.17, 15) is 13.5 Å². The SMILES string of the molecule is O=S(=O)(NC1[C@H]2CC(O)(c3cc(Cl)cc4[nH]ncc34)C[C@@H]12)c1ccccc1. The van der Waals surface area contributed by atoms with Gasteiger partial charge in [0.1, 0.15) is 0 Å². The molecule has 4 atom stereocenters. The Hall–Kier alpha value is -1.93. The second-order valence-corrected chi connectivity index (χ2v) is 9.66. The Morgan fingerprint density at radius 3 is 2.59 bits per heavy atom. The average Bonchev–Trinajstić information content (AvgIpc) is 3.02. The predicted molar refractivity (Wildman–Crippen MR) is 102 cm³/mol. The standard InChI is InChI=1S/C19H18ClN3O3S/c20-11-6-16(15-10-21-22-17(15)7-11)19(24)8-13-14(9-19)18(13)23-27(25,26)12-4-2-1-3-5-12/h1-7,10,13-14,18,23-24H,8-9H2,(H,21,22)/t13-,14+,18?,19?. The molecule has 0 amide bonds. The van der Waals surface area contributed by atoms with Crippen LogP contribution in [0.1, 0.15) is 18.4 Å². The summed E-state index contributed by atoms with van der Waals surface area (Å²) in [7, 11) is -3.54. The van der Waals surface area contributed by atoms with Crippen LogP contribution in [-0.2, 0) is 15.6 Å². The fourth-order valence-electron chi connectivity index (χ4n) is 4.51. The molecule has 6 nitrogen and oxygen atoms in total. The Morgan fingerprint density at radius 1 is 1.19 bits per heavy atom. The van der Waals surface area contributed by atoms with Crippen molar-refractivity contribution >= 4 is 32.5 Å². The number of sulfonamides is 1. The summed E-state index contributed by atoms with van der Waals surface area (Å²) in [4.78, 5) is 0.264. The molecule has 2 unspecified atom stereocenters. The summed E-state index contributed by atoms with van der Waals surface area (Å²) in [6.45, 7) is 0. The van der Waals surface area contributed by atoms with E-state index in [1.807, 2.05) is 0 Å². The lowest BCUT2D eigenvalue weighted by molar-refractivity contribution is 0.0303. The number of hydrogen-bond donors (Lipinski definition) is 3. The van der Waals surface area contributed by atoms with Crippen LogP contribution in [0.15, 0.2) is 53.6 Å². The average molecular weight is 404 g/mol. The molecule has 3 N–H and O–H groups in total. The summed E-state index contributed by atoms with van der Waals surface area (Å²) in [6.07, 6.45) is 2.69. The molecule has 2 aliphatic carbocycles. The molecule has 2 saturated carbocycles. The second kappa shape index (κ2) is 5.78. The molecule has 2 fully saturated rings. The van der Waals surface area contributed by atoms with Gasteiger partial charge in [-0.2, -0.15) is 5.10 Å². The second-order valence-electron chi connectivity index (χ2n) is 7.51. The third kappa shape index (κ3) is 2.77. The normalized spacial score (nSPS) is 29.8. The van der Waals surface area contributed by atoms with E-state index in [0.717, 1.165) is 16.5 Å².